The molecule has 316 valence electrons. The highest BCUT2D eigenvalue weighted by atomic mass is 19.2. The summed E-state index contributed by atoms with van der Waals surface area (Å²) < 4.78 is 41.7. The third-order valence-electron chi connectivity index (χ3n) is 13.3. The van der Waals surface area contributed by atoms with Crippen LogP contribution in [-0.2, 0) is 0 Å². The molecule has 65 heavy (non-hydrogen) atoms. The van der Waals surface area contributed by atoms with E-state index in [1.807, 2.05) is 36.4 Å². The van der Waals surface area contributed by atoms with Crippen molar-refractivity contribution < 1.29 is 17.9 Å². The summed E-state index contributed by atoms with van der Waals surface area (Å²) in [5.41, 5.74) is 18.3. The topological polar surface area (TPSA) is 45.3 Å². The number of fused-ring (bicyclic) bond motifs is 4. The number of aromatic nitrogens is 2. The van der Waals surface area contributed by atoms with E-state index < -0.39 is 6.97 Å². The van der Waals surface area contributed by atoms with E-state index in [1.54, 1.807) is 25.5 Å². The first-order chi connectivity index (χ1) is 31.5. The Bertz CT molecular complexity index is 3460. The van der Waals surface area contributed by atoms with Gasteiger partial charge in [0.15, 0.2) is 5.70 Å². The fourth-order valence-corrected chi connectivity index (χ4v) is 9.62. The minimum atomic E-state index is -4.25. The van der Waals surface area contributed by atoms with Crippen molar-refractivity contribution >= 4 is 52.3 Å². The molecule has 0 amide bonds. The van der Waals surface area contributed by atoms with Crippen LogP contribution in [0.2, 0.25) is 0 Å². The normalized spacial score (nSPS) is 20.2. The van der Waals surface area contributed by atoms with E-state index in [0.717, 1.165) is 81.0 Å². The Kier molecular flexibility index (Phi) is 9.50. The Morgan fingerprint density at radius 1 is 0.554 bits per heavy atom. The number of aryl methyl sites for hydroxylation is 2. The lowest BCUT2D eigenvalue weighted by atomic mass is 9.86. The zero-order valence-corrected chi connectivity index (χ0v) is 36.8. The van der Waals surface area contributed by atoms with Gasteiger partial charge in [-0.05, 0) is 133 Å². The maximum atomic E-state index is 17.0. The second kappa shape index (κ2) is 15.5. The Labute approximate surface area is 377 Å². The van der Waals surface area contributed by atoms with Gasteiger partial charge in [-0.2, -0.15) is 0 Å². The number of halogens is 2. The minimum Gasteiger partial charge on any atom is -0.497 e. The number of ether oxygens (including phenoxy) is 1. The highest BCUT2D eigenvalue weighted by Gasteiger charge is 2.52. The fraction of sp³-hybridized carbons (Fsp3) is 0.0877. The maximum absolute atomic E-state index is 17.0. The maximum Gasteiger partial charge on any atom is 0.737 e. The van der Waals surface area contributed by atoms with Crippen LogP contribution in [-0.4, -0.2) is 40.0 Å². The Balaban J connectivity index is 1.23. The second-order valence-corrected chi connectivity index (χ2v) is 17.3. The van der Waals surface area contributed by atoms with Gasteiger partial charge >= 0.3 is 6.97 Å². The van der Waals surface area contributed by atoms with Crippen LogP contribution in [0, 0.1) is 13.8 Å². The molecule has 2 aromatic heterocycles. The van der Waals surface area contributed by atoms with Crippen LogP contribution >= 0.6 is 0 Å². The summed E-state index contributed by atoms with van der Waals surface area (Å²) >= 11 is 0. The highest BCUT2D eigenvalue weighted by Crippen LogP contribution is 2.42. The molecule has 6 aliphatic heterocycles. The van der Waals surface area contributed by atoms with E-state index in [2.05, 4.69) is 148 Å². The van der Waals surface area contributed by atoms with Gasteiger partial charge in [0.05, 0.1) is 29.7 Å². The number of benzene rings is 5. The number of hydrogen-bond acceptors (Lipinski definition) is 2. The lowest BCUT2D eigenvalue weighted by Gasteiger charge is -2.30. The third-order valence-corrected chi connectivity index (χ3v) is 13.3. The minimum absolute atomic E-state index is 0.418. The van der Waals surface area contributed by atoms with Crippen LogP contribution in [0.25, 0.3) is 33.4 Å². The molecule has 0 atom stereocenters. The molecule has 5 nitrogen and oxygen atoms in total. The molecule has 5 aromatic carbocycles. The summed E-state index contributed by atoms with van der Waals surface area (Å²) in [5.74, 6) is 0.688. The largest absolute Gasteiger partial charge is 0.737 e. The van der Waals surface area contributed by atoms with Crippen molar-refractivity contribution in [3.8, 4) is 5.75 Å². The number of aromatic amines is 1. The summed E-state index contributed by atoms with van der Waals surface area (Å²) in [5, 5.41) is 1.65. The van der Waals surface area contributed by atoms with E-state index >= 15 is 8.63 Å². The predicted octanol–water partition coefficient (Wildman–Crippen LogP) is 11.3. The van der Waals surface area contributed by atoms with E-state index in [-0.39, 0.29) is 0 Å². The number of hydrogen-bond donors (Lipinski definition) is 1. The van der Waals surface area contributed by atoms with Crippen molar-refractivity contribution in [2.75, 3.05) is 7.11 Å². The number of nitrogens with one attached hydrogen (secondary N) is 1. The van der Waals surface area contributed by atoms with Crippen molar-refractivity contribution in [1.82, 2.24) is 9.46 Å². The van der Waals surface area contributed by atoms with Gasteiger partial charge in [0.25, 0.3) is 0 Å². The van der Waals surface area contributed by atoms with E-state index in [1.165, 1.54) is 22.9 Å². The van der Waals surface area contributed by atoms with Crippen LogP contribution in [0.15, 0.2) is 192 Å². The summed E-state index contributed by atoms with van der Waals surface area (Å²) in [6.07, 6.45) is 9.04. The quantitative estimate of drug-likeness (QED) is 0.172. The molecule has 0 saturated carbocycles. The summed E-state index contributed by atoms with van der Waals surface area (Å²) in [7, 11) is 1.62. The molecule has 8 bridgehead atoms. The van der Waals surface area contributed by atoms with Crippen LogP contribution in [0.4, 0.5) is 8.63 Å². The van der Waals surface area contributed by atoms with Gasteiger partial charge in [0.2, 0.25) is 0 Å². The van der Waals surface area contributed by atoms with Crippen LogP contribution in [0.3, 0.4) is 0 Å². The van der Waals surface area contributed by atoms with Gasteiger partial charge in [0, 0.05) is 39.2 Å². The van der Waals surface area contributed by atoms with Gasteiger partial charge in [-0.25, -0.2) is 4.99 Å². The molecule has 0 saturated heterocycles. The molecule has 1 N–H and O–H groups in total. The highest BCUT2D eigenvalue weighted by molar-refractivity contribution is 6.58. The molecule has 0 unspecified atom stereocenters. The van der Waals surface area contributed by atoms with Gasteiger partial charge in [-0.1, -0.05) is 120 Å². The van der Waals surface area contributed by atoms with Crippen molar-refractivity contribution in [3.63, 3.8) is 0 Å². The molecule has 0 fully saturated rings. The number of methoxy groups -OCH3 is 1. The lowest BCUT2D eigenvalue weighted by Crippen LogP contribution is -2.49. The van der Waals surface area contributed by atoms with Gasteiger partial charge in [-0.3, -0.25) is 0 Å². The number of rotatable bonds is 5. The molecule has 0 radical (unpaired) electrons. The number of allylic oxidation sites excluding steroid dienone is 6. The van der Waals surface area contributed by atoms with Crippen molar-refractivity contribution in [2.45, 2.75) is 27.7 Å². The lowest BCUT2D eigenvalue weighted by molar-refractivity contribution is -0.356. The fourth-order valence-electron chi connectivity index (χ4n) is 9.62. The molecule has 6 aliphatic rings. The first kappa shape index (κ1) is 40.0. The Morgan fingerprint density at radius 3 is 1.62 bits per heavy atom. The molecule has 8 heteroatoms. The smallest absolute Gasteiger partial charge is 0.497 e. The average molecular weight is 851 g/mol. The Hall–Kier alpha value is -7.84. The molecule has 13 rings (SSSR count). The van der Waals surface area contributed by atoms with Gasteiger partial charge in [0.1, 0.15) is 12.0 Å². The van der Waals surface area contributed by atoms with Crippen LogP contribution in [0.5, 0.6) is 5.75 Å². The second-order valence-electron chi connectivity index (χ2n) is 17.3. The predicted molar refractivity (Wildman–Crippen MR) is 262 cm³/mol. The summed E-state index contributed by atoms with van der Waals surface area (Å²) in [4.78, 5) is 9.25. The van der Waals surface area contributed by atoms with Gasteiger partial charge < -0.3 is 27.3 Å². The van der Waals surface area contributed by atoms with Crippen molar-refractivity contribution in [2.24, 2.45) is 4.99 Å². The first-order valence-electron chi connectivity index (χ1n) is 22.0. The molecule has 8 heterocycles. The van der Waals surface area contributed by atoms with E-state index in [4.69, 9.17) is 9.73 Å². The monoisotopic (exact) mass is 850 g/mol. The average Bonchev–Trinajstić information content (AvgIpc) is 4.18. The Morgan fingerprint density at radius 2 is 1.05 bits per heavy atom. The third kappa shape index (κ3) is 6.76. The van der Waals surface area contributed by atoms with Crippen LogP contribution < -0.4 is 15.4 Å². The standard InChI is InChI=1S/C57H45BF2N4O/c1-35-8-12-41(13-9-35)54-43-20-16-39(17-21-43)37(3)38(4)40-18-22-44(23-19-40)55(42-14-10-36(2)11-15-42)49-29-31-51(62-49)56(50-30-28-48(54)61-50)46-33-53-57(45-24-26-47(65-5)27-25-45)52-7-6-32-63(52)58(59,60)64(53)34-46/h6-34,61H,1-5H3/b38-37-,39-37?,40-38?,54-43?,54-48-,55-44?,55-49-,56-50-,56-51?. The number of nitrogens with zero attached hydrogens (tertiary/aromatic N) is 3. The zero-order chi connectivity index (χ0) is 44.6. The van der Waals surface area contributed by atoms with E-state index in [9.17, 15) is 0 Å². The zero-order valence-electron chi connectivity index (χ0n) is 36.8. The SMILES string of the molecule is COc1ccc(C2=C3C=C(/C4=c5\cc/c([nH]5)=C(\c5ccc(C)cc5)c5ccc(cc5)/C(C)=C(/C)c5ccc(cc5)/C(c5ccc(C)cc5)=C5/C=CC4=N5)C=[N+]3[B-](F)(F)n3cccc32)cc1. The number of H-pyrrole nitrogens is 1. The van der Waals surface area contributed by atoms with Crippen molar-refractivity contribution in [1.29, 1.82) is 0 Å². The molecular formula is C57H45BF2N4O. The molecule has 7 aromatic rings. The van der Waals surface area contributed by atoms with Crippen LogP contribution in [0.1, 0.15) is 69.6 Å². The molecular weight excluding hydrogens is 805 g/mol. The van der Waals surface area contributed by atoms with Gasteiger partial charge in [-0.15, -0.1) is 0 Å². The molecule has 0 spiro atoms. The van der Waals surface area contributed by atoms with E-state index in [0.29, 0.717) is 39.6 Å². The van der Waals surface area contributed by atoms with Crippen molar-refractivity contribution in [3.05, 3.63) is 253 Å². The molecule has 0 aliphatic carbocycles. The number of aliphatic imine (C=N–C) groups is 1. The summed E-state index contributed by atoms with van der Waals surface area (Å²) in [6.45, 7) is 4.30. The first-order valence-corrected chi connectivity index (χ1v) is 22.0. The summed E-state index contributed by atoms with van der Waals surface area (Å²) in [6, 6.07) is 49.8.